The van der Waals surface area contributed by atoms with Gasteiger partial charge in [-0.2, -0.15) is 13.2 Å². The van der Waals surface area contributed by atoms with Crippen molar-refractivity contribution in [1.29, 1.82) is 0 Å². The number of amides is 1. The van der Waals surface area contributed by atoms with Gasteiger partial charge in [0.05, 0.1) is 17.3 Å². The number of thioether (sulfide) groups is 1. The third-order valence-electron chi connectivity index (χ3n) is 9.39. The van der Waals surface area contributed by atoms with Crippen LogP contribution in [0.1, 0.15) is 43.0 Å². The second-order valence-electron chi connectivity index (χ2n) is 13.6. The number of alkyl halides is 3. The molecular weight excluding hydrogens is 776 g/mol. The molecule has 0 spiro atoms. The number of nitrogens with zero attached hydrogens (tertiary/aromatic N) is 3. The van der Waals surface area contributed by atoms with E-state index in [2.05, 4.69) is 33.5 Å². The molecule has 0 bridgehead atoms. The van der Waals surface area contributed by atoms with E-state index in [-0.39, 0.29) is 5.56 Å². The predicted octanol–water partition coefficient (Wildman–Crippen LogP) is 6.22. The highest BCUT2D eigenvalue weighted by molar-refractivity contribution is 7.99. The van der Waals surface area contributed by atoms with E-state index >= 15 is 0 Å². The summed E-state index contributed by atoms with van der Waals surface area (Å²) < 4.78 is 102. The Morgan fingerprint density at radius 3 is 2.29 bits per heavy atom. The minimum atomic E-state index is -6.04. The van der Waals surface area contributed by atoms with Gasteiger partial charge in [-0.05, 0) is 73.9 Å². The van der Waals surface area contributed by atoms with E-state index in [4.69, 9.17) is 4.74 Å². The zero-order valence-electron chi connectivity index (χ0n) is 30.8. The highest BCUT2D eigenvalue weighted by Crippen LogP contribution is 2.37. The number of ether oxygens (including phenoxy) is 1. The largest absolute Gasteiger partial charge is 0.501 e. The molecule has 55 heavy (non-hydrogen) atoms. The molecule has 2 aliphatic rings. The number of hydrogen-bond donors (Lipinski definition) is 2. The van der Waals surface area contributed by atoms with Crippen LogP contribution in [-0.4, -0.2) is 109 Å². The number of carbonyl (C=O) groups excluding carboxylic acids is 1. The van der Waals surface area contributed by atoms with Gasteiger partial charge in [-0.1, -0.05) is 43.7 Å². The minimum absolute atomic E-state index is 0.00103. The molecule has 1 unspecified atom stereocenters. The molecule has 0 saturated carbocycles. The quantitative estimate of drug-likeness (QED) is 0.119. The molecule has 2 N–H and O–H groups in total. The van der Waals surface area contributed by atoms with Crippen molar-refractivity contribution in [1.82, 2.24) is 14.5 Å². The van der Waals surface area contributed by atoms with E-state index in [1.165, 1.54) is 29.5 Å². The summed E-state index contributed by atoms with van der Waals surface area (Å²) in [6, 6.07) is 17.6. The molecule has 2 fully saturated rings. The highest BCUT2D eigenvalue weighted by atomic mass is 32.2. The van der Waals surface area contributed by atoms with Crippen LogP contribution >= 0.6 is 11.8 Å². The number of benzene rings is 3. The van der Waals surface area contributed by atoms with Crippen LogP contribution in [0.15, 0.2) is 99.6 Å². The van der Waals surface area contributed by atoms with Crippen LogP contribution in [0.25, 0.3) is 0 Å². The zero-order valence-corrected chi connectivity index (χ0v) is 33.2. The molecule has 300 valence electrons. The van der Waals surface area contributed by atoms with Crippen LogP contribution < -0.4 is 14.9 Å². The molecule has 1 atom stereocenters. The van der Waals surface area contributed by atoms with Crippen LogP contribution in [0.5, 0.6) is 0 Å². The minimum Gasteiger partial charge on any atom is -0.380 e. The van der Waals surface area contributed by atoms with Crippen LogP contribution in [0.4, 0.5) is 24.5 Å². The van der Waals surface area contributed by atoms with Gasteiger partial charge in [-0.25, -0.2) is 21.6 Å². The van der Waals surface area contributed by atoms with Gasteiger partial charge < -0.3 is 15.0 Å². The van der Waals surface area contributed by atoms with Crippen LogP contribution in [0, 0.1) is 0 Å². The number of carbonyl (C=O) groups is 1. The Bertz CT molecular complexity index is 1970. The van der Waals surface area contributed by atoms with Crippen molar-refractivity contribution in [3.63, 3.8) is 0 Å². The molecule has 0 aromatic heterocycles. The summed E-state index contributed by atoms with van der Waals surface area (Å²) in [5.41, 5.74) is -4.09. The lowest BCUT2D eigenvalue weighted by molar-refractivity contribution is -0.0435. The summed E-state index contributed by atoms with van der Waals surface area (Å²) in [5, 5.41) is 2.97. The summed E-state index contributed by atoms with van der Waals surface area (Å²) in [6.07, 6.45) is 3.29. The maximum Gasteiger partial charge on any atom is 0.501 e. The van der Waals surface area contributed by atoms with Gasteiger partial charge in [0.15, 0.2) is 0 Å². The summed E-state index contributed by atoms with van der Waals surface area (Å²) in [7, 11) is -10.8. The van der Waals surface area contributed by atoms with E-state index in [0.717, 1.165) is 81.2 Å². The first-order valence-corrected chi connectivity index (χ1v) is 22.1. The molecule has 0 aliphatic carbocycles. The SMILES string of the molecule is C=C(CCC)CN1CCN(c2ccc(C(=O)NS(=O)(=O)c3ccc(NC(CCN4CCCOC4)CSc4ccccc4)c(S(=O)(=O)C(F)(F)F)c3)cc2)CC1. The molecule has 11 nitrogen and oxygen atoms in total. The third-order valence-corrected chi connectivity index (χ3v) is 13.4. The topological polar surface area (TPSA) is 128 Å². The van der Waals surface area contributed by atoms with E-state index in [9.17, 15) is 34.8 Å². The molecule has 17 heteroatoms. The Labute approximate surface area is 326 Å². The summed E-state index contributed by atoms with van der Waals surface area (Å²) >= 11 is 1.44. The fraction of sp³-hybridized carbons (Fsp3) is 0.447. The van der Waals surface area contributed by atoms with Gasteiger partial charge in [-0.3, -0.25) is 14.6 Å². The first-order chi connectivity index (χ1) is 26.2. The van der Waals surface area contributed by atoms with Gasteiger partial charge in [0, 0.05) is 80.4 Å². The Morgan fingerprint density at radius 1 is 0.945 bits per heavy atom. The van der Waals surface area contributed by atoms with E-state index < -0.39 is 52.8 Å². The number of sulfone groups is 1. The van der Waals surface area contributed by atoms with Crippen LogP contribution in [0.3, 0.4) is 0 Å². The lowest BCUT2D eigenvalue weighted by Crippen LogP contribution is -2.46. The molecule has 2 heterocycles. The maximum absolute atomic E-state index is 14.1. The summed E-state index contributed by atoms with van der Waals surface area (Å²) in [4.78, 5) is 18.5. The van der Waals surface area contributed by atoms with Crippen molar-refractivity contribution < 1.29 is 39.5 Å². The monoisotopic (exact) mass is 823 g/mol. The molecule has 3 aromatic carbocycles. The smallest absolute Gasteiger partial charge is 0.380 e. The number of anilines is 2. The molecule has 2 saturated heterocycles. The van der Waals surface area contributed by atoms with E-state index in [1.807, 2.05) is 35.1 Å². The average Bonchev–Trinajstić information content (AvgIpc) is 3.16. The fourth-order valence-corrected chi connectivity index (χ4v) is 9.42. The summed E-state index contributed by atoms with van der Waals surface area (Å²) in [6.45, 7) is 12.7. The first kappa shape index (κ1) is 42.5. The first-order valence-electron chi connectivity index (χ1n) is 18.2. The van der Waals surface area contributed by atoms with Gasteiger partial charge in [-0.15, -0.1) is 11.8 Å². The molecular formula is C38H48F3N5O6S3. The normalized spacial score (nSPS) is 16.8. The van der Waals surface area contributed by atoms with E-state index in [0.29, 0.717) is 38.1 Å². The van der Waals surface area contributed by atoms with Crippen molar-refractivity contribution >= 4 is 48.9 Å². The molecule has 3 aromatic rings. The predicted molar refractivity (Wildman–Crippen MR) is 210 cm³/mol. The van der Waals surface area contributed by atoms with Crippen molar-refractivity contribution in [2.24, 2.45) is 0 Å². The second kappa shape index (κ2) is 19.0. The van der Waals surface area contributed by atoms with Gasteiger partial charge in [0.2, 0.25) is 0 Å². The number of hydrogen-bond acceptors (Lipinski definition) is 11. The van der Waals surface area contributed by atoms with Crippen LogP contribution in [0.2, 0.25) is 0 Å². The Kier molecular flexibility index (Phi) is 14.7. The number of sulfonamides is 1. The molecule has 0 radical (unpaired) electrons. The molecule has 2 aliphatic heterocycles. The van der Waals surface area contributed by atoms with Gasteiger partial charge in [0.1, 0.15) is 4.90 Å². The number of piperazine rings is 1. The standard InChI is InChI=1S/C38H48F3N5O6S3/c1-3-8-29(2)26-44-20-22-46(23-21-44)32-13-11-30(12-14-32)37(47)43-55(50,51)34-15-16-35(36(25-34)54(48,49)38(39,40)41)42-31(17-19-45-18-7-24-52-28-45)27-53-33-9-5-4-6-10-33/h4-6,9-16,25,31,42H,2-3,7-8,17-24,26-28H2,1H3,(H,43,47). The Hall–Kier alpha value is -3.61. The van der Waals surface area contributed by atoms with Crippen molar-refractivity contribution in [2.75, 3.05) is 75.1 Å². The number of nitrogens with one attached hydrogen (secondary N) is 2. The Morgan fingerprint density at radius 2 is 1.65 bits per heavy atom. The highest BCUT2D eigenvalue weighted by Gasteiger charge is 2.48. The number of rotatable bonds is 17. The van der Waals surface area contributed by atoms with Crippen LogP contribution in [-0.2, 0) is 24.6 Å². The van der Waals surface area contributed by atoms with Crippen molar-refractivity contribution in [3.8, 4) is 0 Å². The summed E-state index contributed by atoms with van der Waals surface area (Å²) in [5.74, 6) is -0.655. The van der Waals surface area contributed by atoms with Gasteiger partial charge >= 0.3 is 5.51 Å². The van der Waals surface area contributed by atoms with Crippen molar-refractivity contribution in [2.45, 2.75) is 58.8 Å². The van der Waals surface area contributed by atoms with Crippen molar-refractivity contribution in [3.05, 3.63) is 90.5 Å². The van der Waals surface area contributed by atoms with Gasteiger partial charge in [0.25, 0.3) is 25.8 Å². The lowest BCUT2D eigenvalue weighted by atomic mass is 10.1. The lowest BCUT2D eigenvalue weighted by Gasteiger charge is -2.36. The number of halogens is 3. The molecule has 5 rings (SSSR count). The zero-order chi connectivity index (χ0) is 39.6. The van der Waals surface area contributed by atoms with E-state index in [1.54, 1.807) is 12.1 Å². The Balaban J connectivity index is 1.31. The maximum atomic E-state index is 14.1. The third kappa shape index (κ3) is 11.7. The second-order valence-corrected chi connectivity index (χ2v) is 18.3. The molecule has 1 amide bonds. The fourth-order valence-electron chi connectivity index (χ4n) is 6.41. The average molecular weight is 824 g/mol.